The van der Waals surface area contributed by atoms with Crippen molar-refractivity contribution < 1.29 is 8.42 Å². The van der Waals surface area contributed by atoms with Gasteiger partial charge in [-0.2, -0.15) is 17.0 Å². The van der Waals surface area contributed by atoms with Crippen molar-refractivity contribution in [3.63, 3.8) is 0 Å². The molecule has 3 unspecified atom stereocenters. The Kier molecular flexibility index (Phi) is 6.73. The van der Waals surface area contributed by atoms with Crippen molar-refractivity contribution in [2.24, 2.45) is 11.8 Å². The van der Waals surface area contributed by atoms with E-state index in [1.807, 2.05) is 0 Å². The molecule has 0 aliphatic carbocycles. The van der Waals surface area contributed by atoms with Gasteiger partial charge in [-0.05, 0) is 31.2 Å². The molecular formula is C15H31ClN4O2S. The molecule has 3 aliphatic heterocycles. The van der Waals surface area contributed by atoms with Crippen LogP contribution >= 0.6 is 12.4 Å². The van der Waals surface area contributed by atoms with Crippen molar-refractivity contribution in [3.05, 3.63) is 0 Å². The fourth-order valence-electron chi connectivity index (χ4n) is 4.21. The average molecular weight is 367 g/mol. The maximum absolute atomic E-state index is 12.9. The van der Waals surface area contributed by atoms with Crippen molar-refractivity contribution >= 4 is 22.6 Å². The summed E-state index contributed by atoms with van der Waals surface area (Å²) in [6, 6.07) is 0.597. The molecule has 0 spiro atoms. The first kappa shape index (κ1) is 19.4. The Morgan fingerprint density at radius 2 is 1.57 bits per heavy atom. The third-order valence-electron chi connectivity index (χ3n) is 5.31. The summed E-state index contributed by atoms with van der Waals surface area (Å²) in [5.41, 5.74) is 0. The van der Waals surface area contributed by atoms with Crippen LogP contribution < -0.4 is 5.32 Å². The fraction of sp³-hybridized carbons (Fsp3) is 1.00. The van der Waals surface area contributed by atoms with Gasteiger partial charge in [-0.15, -0.1) is 12.4 Å². The van der Waals surface area contributed by atoms with E-state index in [1.165, 1.54) is 6.42 Å². The van der Waals surface area contributed by atoms with Gasteiger partial charge in [0.1, 0.15) is 0 Å². The SMILES string of the molecule is CC1CC(C)CN(S(=O)(=O)N2CCN(C3CCNC3)CC2)C1.Cl. The normalized spacial score (nSPS) is 35.1. The first-order chi connectivity index (χ1) is 10.5. The van der Waals surface area contributed by atoms with Gasteiger partial charge in [0.15, 0.2) is 0 Å². The van der Waals surface area contributed by atoms with Crippen molar-refractivity contribution in [1.29, 1.82) is 0 Å². The van der Waals surface area contributed by atoms with Crippen molar-refractivity contribution in [2.75, 3.05) is 52.4 Å². The van der Waals surface area contributed by atoms with Crippen LogP contribution in [0.5, 0.6) is 0 Å². The van der Waals surface area contributed by atoms with Gasteiger partial charge < -0.3 is 5.32 Å². The highest BCUT2D eigenvalue weighted by Crippen LogP contribution is 2.25. The number of hydrogen-bond acceptors (Lipinski definition) is 4. The molecule has 3 fully saturated rings. The lowest BCUT2D eigenvalue weighted by Gasteiger charge is -2.41. The fourth-order valence-corrected chi connectivity index (χ4v) is 6.05. The van der Waals surface area contributed by atoms with Crippen molar-refractivity contribution in [2.45, 2.75) is 32.7 Å². The molecule has 0 saturated carbocycles. The average Bonchev–Trinajstić information content (AvgIpc) is 3.00. The summed E-state index contributed by atoms with van der Waals surface area (Å²) in [6.45, 7) is 10.8. The molecule has 0 radical (unpaired) electrons. The van der Waals surface area contributed by atoms with Gasteiger partial charge in [-0.3, -0.25) is 4.90 Å². The summed E-state index contributed by atoms with van der Waals surface area (Å²) in [5, 5.41) is 3.39. The summed E-state index contributed by atoms with van der Waals surface area (Å²) >= 11 is 0. The maximum Gasteiger partial charge on any atom is 0.282 e. The molecule has 0 aromatic rings. The number of hydrogen-bond donors (Lipinski definition) is 1. The predicted octanol–water partition coefficient (Wildman–Crippen LogP) is 0.610. The molecule has 3 saturated heterocycles. The second-order valence-corrected chi connectivity index (χ2v) is 9.28. The highest BCUT2D eigenvalue weighted by Gasteiger charge is 2.37. The molecule has 1 N–H and O–H groups in total. The second kappa shape index (κ2) is 7.97. The molecule has 3 atom stereocenters. The third-order valence-corrected chi connectivity index (χ3v) is 7.28. The molecule has 136 valence electrons. The highest BCUT2D eigenvalue weighted by molar-refractivity contribution is 7.86. The number of piperidine rings is 1. The smallest absolute Gasteiger partial charge is 0.282 e. The zero-order chi connectivity index (χ0) is 15.7. The number of piperazine rings is 1. The first-order valence-electron chi connectivity index (χ1n) is 8.67. The van der Waals surface area contributed by atoms with Gasteiger partial charge in [0.25, 0.3) is 10.2 Å². The molecule has 8 heteroatoms. The van der Waals surface area contributed by atoms with Gasteiger partial charge in [-0.1, -0.05) is 13.8 Å². The molecule has 0 bridgehead atoms. The third kappa shape index (κ3) is 4.38. The van der Waals surface area contributed by atoms with E-state index in [1.54, 1.807) is 8.61 Å². The Morgan fingerprint density at radius 1 is 0.957 bits per heavy atom. The van der Waals surface area contributed by atoms with Crippen LogP contribution in [0, 0.1) is 11.8 Å². The molecule has 3 aliphatic rings. The molecule has 0 aromatic carbocycles. The van der Waals surface area contributed by atoms with Crippen LogP contribution in [-0.2, 0) is 10.2 Å². The Hall–Kier alpha value is 0.0800. The highest BCUT2D eigenvalue weighted by atomic mass is 35.5. The second-order valence-electron chi connectivity index (χ2n) is 7.35. The van der Waals surface area contributed by atoms with Gasteiger partial charge in [0, 0.05) is 51.9 Å². The molecular weight excluding hydrogens is 336 g/mol. The topological polar surface area (TPSA) is 55.9 Å². The van der Waals surface area contributed by atoms with Crippen LogP contribution in [0.3, 0.4) is 0 Å². The lowest BCUT2D eigenvalue weighted by atomic mass is 9.94. The molecule has 0 amide bonds. The van der Waals surface area contributed by atoms with E-state index in [0.717, 1.165) is 32.6 Å². The minimum Gasteiger partial charge on any atom is -0.315 e. The Bertz CT molecular complexity index is 466. The standard InChI is InChI=1S/C15H30N4O2S.ClH/c1-13-9-14(2)12-19(11-13)22(20,21)18-7-5-17(6-8-18)15-3-4-16-10-15;/h13-16H,3-12H2,1-2H3;1H. The van der Waals surface area contributed by atoms with E-state index < -0.39 is 10.2 Å². The summed E-state index contributed by atoms with van der Waals surface area (Å²) in [5.74, 6) is 0.925. The first-order valence-corrected chi connectivity index (χ1v) is 10.1. The Labute approximate surface area is 147 Å². The zero-order valence-corrected chi connectivity index (χ0v) is 15.9. The van der Waals surface area contributed by atoms with Gasteiger partial charge in [0.05, 0.1) is 0 Å². The molecule has 3 rings (SSSR count). The number of rotatable bonds is 3. The number of nitrogens with zero attached hydrogens (tertiary/aromatic N) is 3. The lowest BCUT2D eigenvalue weighted by Crippen LogP contribution is -2.57. The van der Waals surface area contributed by atoms with E-state index in [4.69, 9.17) is 0 Å². The van der Waals surface area contributed by atoms with Gasteiger partial charge >= 0.3 is 0 Å². The van der Waals surface area contributed by atoms with Crippen LogP contribution in [0.1, 0.15) is 26.7 Å². The summed E-state index contributed by atoms with van der Waals surface area (Å²) in [7, 11) is -3.27. The van der Waals surface area contributed by atoms with Crippen molar-refractivity contribution in [1.82, 2.24) is 18.8 Å². The molecule has 0 aromatic heterocycles. The van der Waals surface area contributed by atoms with Crippen LogP contribution in [0.15, 0.2) is 0 Å². The minimum absolute atomic E-state index is 0. The molecule has 23 heavy (non-hydrogen) atoms. The van der Waals surface area contributed by atoms with Crippen LogP contribution in [0.2, 0.25) is 0 Å². The van der Waals surface area contributed by atoms with E-state index >= 15 is 0 Å². The summed E-state index contributed by atoms with van der Waals surface area (Å²) in [6.07, 6.45) is 2.32. The maximum atomic E-state index is 12.9. The quantitative estimate of drug-likeness (QED) is 0.795. The van der Waals surface area contributed by atoms with Crippen LogP contribution in [0.25, 0.3) is 0 Å². The van der Waals surface area contributed by atoms with Gasteiger partial charge in [-0.25, -0.2) is 0 Å². The Morgan fingerprint density at radius 3 is 2.09 bits per heavy atom. The largest absolute Gasteiger partial charge is 0.315 e. The summed E-state index contributed by atoms with van der Waals surface area (Å²) in [4.78, 5) is 2.45. The minimum atomic E-state index is -3.27. The van der Waals surface area contributed by atoms with E-state index in [0.29, 0.717) is 44.1 Å². The van der Waals surface area contributed by atoms with E-state index in [9.17, 15) is 8.42 Å². The van der Waals surface area contributed by atoms with E-state index in [2.05, 4.69) is 24.1 Å². The number of halogens is 1. The zero-order valence-electron chi connectivity index (χ0n) is 14.3. The summed E-state index contributed by atoms with van der Waals surface area (Å²) < 4.78 is 29.2. The lowest BCUT2D eigenvalue weighted by molar-refractivity contribution is 0.135. The van der Waals surface area contributed by atoms with Gasteiger partial charge in [0.2, 0.25) is 0 Å². The van der Waals surface area contributed by atoms with Crippen LogP contribution in [0.4, 0.5) is 0 Å². The monoisotopic (exact) mass is 366 g/mol. The van der Waals surface area contributed by atoms with E-state index in [-0.39, 0.29) is 12.4 Å². The Balaban J connectivity index is 0.00000192. The van der Waals surface area contributed by atoms with Crippen molar-refractivity contribution in [3.8, 4) is 0 Å². The predicted molar refractivity (Wildman–Crippen MR) is 95.1 cm³/mol. The van der Waals surface area contributed by atoms with Crippen LogP contribution in [-0.4, -0.2) is 80.3 Å². The number of nitrogens with one attached hydrogen (secondary N) is 1. The molecule has 3 heterocycles. The molecule has 6 nitrogen and oxygen atoms in total.